The fraction of sp³-hybridized carbons (Fsp3) is 0.0769. The number of aromatic nitrogens is 3. The van der Waals surface area contributed by atoms with Crippen molar-refractivity contribution in [1.29, 1.82) is 0 Å². The lowest BCUT2D eigenvalue weighted by atomic mass is 10.3. The van der Waals surface area contributed by atoms with Gasteiger partial charge in [0, 0.05) is 30.0 Å². The highest BCUT2D eigenvalue weighted by molar-refractivity contribution is 5.76. The Morgan fingerprint density at radius 2 is 1.67 bits per heavy atom. The van der Waals surface area contributed by atoms with Crippen LogP contribution in [0.25, 0.3) is 11.0 Å². The second-order valence-corrected chi connectivity index (χ2v) is 4.78. The number of anilines is 1. The quantitative estimate of drug-likeness (QED) is 0.515. The molecule has 122 valence electrons. The van der Waals surface area contributed by atoms with E-state index in [1.165, 1.54) is 28.9 Å². The molecule has 0 saturated heterocycles. The average molecular weight is 329 g/mol. The molecule has 0 radical (unpaired) electrons. The van der Waals surface area contributed by atoms with Gasteiger partial charge in [-0.05, 0) is 18.2 Å². The van der Waals surface area contributed by atoms with E-state index in [-0.39, 0.29) is 18.0 Å². The van der Waals surface area contributed by atoms with Gasteiger partial charge in [0.25, 0.3) is 11.4 Å². The number of hydrogen-bond acceptors (Lipinski definition) is 8. The second kappa shape index (κ2) is 6.26. The largest absolute Gasteiger partial charge is 0.320 e. The van der Waals surface area contributed by atoms with Crippen LogP contribution in [0.15, 0.2) is 42.5 Å². The first-order chi connectivity index (χ1) is 11.5. The Bertz CT molecular complexity index is 906. The molecule has 1 heterocycles. The number of nitro benzene ring substituents is 2. The van der Waals surface area contributed by atoms with Crippen LogP contribution in [-0.2, 0) is 6.67 Å². The predicted molar refractivity (Wildman–Crippen MR) is 84.0 cm³/mol. The molecule has 3 aromatic rings. The summed E-state index contributed by atoms with van der Waals surface area (Å²) < 4.78 is 1.53. The summed E-state index contributed by atoms with van der Waals surface area (Å²) in [4.78, 5) is 20.3. The van der Waals surface area contributed by atoms with Gasteiger partial charge in [0.1, 0.15) is 12.2 Å². The van der Waals surface area contributed by atoms with E-state index in [4.69, 9.17) is 0 Å². The molecule has 0 aliphatic heterocycles. The van der Waals surface area contributed by atoms with Crippen LogP contribution in [0.3, 0.4) is 0 Å². The van der Waals surface area contributed by atoms with Crippen molar-refractivity contribution in [1.82, 2.24) is 20.4 Å². The molecule has 11 heteroatoms. The topological polar surface area (TPSA) is 141 Å². The van der Waals surface area contributed by atoms with Gasteiger partial charge in [-0.3, -0.25) is 20.2 Å². The maximum atomic E-state index is 10.7. The van der Waals surface area contributed by atoms with Crippen molar-refractivity contribution in [3.05, 3.63) is 62.7 Å². The number of fused-ring (bicyclic) bond motifs is 1. The fourth-order valence-electron chi connectivity index (χ4n) is 2.07. The summed E-state index contributed by atoms with van der Waals surface area (Å²) in [5.41, 5.74) is 7.41. The van der Waals surface area contributed by atoms with Gasteiger partial charge in [-0.2, -0.15) is 0 Å². The minimum absolute atomic E-state index is 0.00409. The number of nitro groups is 2. The van der Waals surface area contributed by atoms with Crippen LogP contribution >= 0.6 is 0 Å². The third kappa shape index (κ3) is 3.10. The van der Waals surface area contributed by atoms with E-state index in [2.05, 4.69) is 21.2 Å². The van der Waals surface area contributed by atoms with Gasteiger partial charge in [-0.1, -0.05) is 5.21 Å². The zero-order valence-corrected chi connectivity index (χ0v) is 12.1. The van der Waals surface area contributed by atoms with E-state index >= 15 is 0 Å². The summed E-state index contributed by atoms with van der Waals surface area (Å²) in [7, 11) is 0. The third-order valence-electron chi connectivity index (χ3n) is 3.25. The molecule has 0 aliphatic carbocycles. The fourth-order valence-corrected chi connectivity index (χ4v) is 2.07. The summed E-state index contributed by atoms with van der Waals surface area (Å²) in [5.74, 6) is 0. The molecule has 0 spiro atoms. The molecule has 0 bridgehead atoms. The van der Waals surface area contributed by atoms with Crippen molar-refractivity contribution in [3.8, 4) is 0 Å². The molecule has 0 saturated carbocycles. The van der Waals surface area contributed by atoms with Crippen LogP contribution in [-0.4, -0.2) is 24.8 Å². The highest BCUT2D eigenvalue weighted by Gasteiger charge is 2.10. The molecule has 1 aromatic heterocycles. The van der Waals surface area contributed by atoms with Crippen molar-refractivity contribution in [3.63, 3.8) is 0 Å². The number of hydrazine groups is 1. The molecular weight excluding hydrogens is 318 g/mol. The minimum Gasteiger partial charge on any atom is -0.320 e. The molecule has 0 amide bonds. The first-order valence-electron chi connectivity index (χ1n) is 6.75. The maximum absolute atomic E-state index is 10.7. The lowest BCUT2D eigenvalue weighted by Crippen LogP contribution is -2.25. The Hall–Kier alpha value is -3.60. The Balaban J connectivity index is 1.65. The highest BCUT2D eigenvalue weighted by atomic mass is 16.6. The Kier molecular flexibility index (Phi) is 3.99. The van der Waals surface area contributed by atoms with Crippen molar-refractivity contribution < 1.29 is 9.85 Å². The van der Waals surface area contributed by atoms with Gasteiger partial charge in [0.05, 0.1) is 15.4 Å². The zero-order chi connectivity index (χ0) is 17.1. The van der Waals surface area contributed by atoms with Crippen molar-refractivity contribution >= 4 is 28.1 Å². The van der Waals surface area contributed by atoms with Gasteiger partial charge < -0.3 is 5.43 Å². The highest BCUT2D eigenvalue weighted by Crippen LogP contribution is 2.18. The summed E-state index contributed by atoms with van der Waals surface area (Å²) in [6, 6.07) is 10.2. The van der Waals surface area contributed by atoms with Crippen molar-refractivity contribution in [2.75, 3.05) is 5.43 Å². The maximum Gasteiger partial charge on any atom is 0.271 e. The monoisotopic (exact) mass is 329 g/mol. The van der Waals surface area contributed by atoms with Gasteiger partial charge >= 0.3 is 0 Å². The van der Waals surface area contributed by atoms with Gasteiger partial charge in [0.2, 0.25) is 0 Å². The Morgan fingerprint density at radius 3 is 2.33 bits per heavy atom. The molecule has 0 atom stereocenters. The van der Waals surface area contributed by atoms with Gasteiger partial charge in [-0.25, -0.2) is 10.1 Å². The second-order valence-electron chi connectivity index (χ2n) is 4.78. The number of hydrogen-bond donors (Lipinski definition) is 2. The Labute approximate surface area is 134 Å². The SMILES string of the molecule is O=[N+]([O-])c1ccc(NNCn2nnc3cc([N+](=O)[O-])ccc32)cc1. The molecule has 0 aliphatic rings. The van der Waals surface area contributed by atoms with Gasteiger partial charge in [0.15, 0.2) is 0 Å². The minimum atomic E-state index is -0.493. The average Bonchev–Trinajstić information content (AvgIpc) is 2.97. The van der Waals surface area contributed by atoms with E-state index in [0.29, 0.717) is 16.7 Å². The molecular formula is C13H11N7O4. The predicted octanol–water partition coefficient (Wildman–Crippen LogP) is 1.82. The Morgan fingerprint density at radius 1 is 1.00 bits per heavy atom. The van der Waals surface area contributed by atoms with Gasteiger partial charge in [-0.15, -0.1) is 5.10 Å². The first-order valence-corrected chi connectivity index (χ1v) is 6.75. The summed E-state index contributed by atoms with van der Waals surface area (Å²) in [6.45, 7) is 0.241. The van der Waals surface area contributed by atoms with Crippen LogP contribution < -0.4 is 10.9 Å². The van der Waals surface area contributed by atoms with E-state index in [9.17, 15) is 20.2 Å². The normalized spacial score (nSPS) is 10.7. The standard InChI is InChI=1S/C13H11N7O4/c21-19(22)10-3-1-9(2-4-10)15-14-8-18-13-6-5-11(20(23)24)7-12(13)16-17-18/h1-7,14-15H,8H2. The number of benzene rings is 2. The summed E-state index contributed by atoms with van der Waals surface area (Å²) in [6.07, 6.45) is 0. The van der Waals surface area contributed by atoms with Crippen LogP contribution in [0, 0.1) is 20.2 Å². The van der Waals surface area contributed by atoms with Crippen LogP contribution in [0.1, 0.15) is 0 Å². The zero-order valence-electron chi connectivity index (χ0n) is 12.1. The number of non-ortho nitro benzene ring substituents is 2. The molecule has 2 aromatic carbocycles. The number of rotatable bonds is 6. The molecule has 2 N–H and O–H groups in total. The van der Waals surface area contributed by atoms with E-state index in [1.54, 1.807) is 18.2 Å². The molecule has 11 nitrogen and oxygen atoms in total. The van der Waals surface area contributed by atoms with E-state index < -0.39 is 9.85 Å². The van der Waals surface area contributed by atoms with E-state index in [1.807, 2.05) is 0 Å². The number of nitrogens with zero attached hydrogens (tertiary/aromatic N) is 5. The van der Waals surface area contributed by atoms with Crippen LogP contribution in [0.4, 0.5) is 17.1 Å². The molecule has 24 heavy (non-hydrogen) atoms. The molecule has 0 unspecified atom stereocenters. The molecule has 3 rings (SSSR count). The molecule has 0 fully saturated rings. The van der Waals surface area contributed by atoms with Crippen LogP contribution in [0.5, 0.6) is 0 Å². The first kappa shape index (κ1) is 15.3. The number of nitrogens with one attached hydrogen (secondary N) is 2. The smallest absolute Gasteiger partial charge is 0.271 e. The van der Waals surface area contributed by atoms with E-state index in [0.717, 1.165) is 0 Å². The summed E-state index contributed by atoms with van der Waals surface area (Å²) in [5, 5.41) is 29.1. The van der Waals surface area contributed by atoms with Crippen molar-refractivity contribution in [2.24, 2.45) is 0 Å². The third-order valence-corrected chi connectivity index (χ3v) is 3.25. The van der Waals surface area contributed by atoms with Crippen LogP contribution in [0.2, 0.25) is 0 Å². The van der Waals surface area contributed by atoms with Crippen molar-refractivity contribution in [2.45, 2.75) is 6.67 Å². The lowest BCUT2D eigenvalue weighted by molar-refractivity contribution is -0.385. The summed E-state index contributed by atoms with van der Waals surface area (Å²) >= 11 is 0. The lowest BCUT2D eigenvalue weighted by Gasteiger charge is -2.08.